The molecule has 3 rings (SSSR count). The van der Waals surface area contributed by atoms with Crippen molar-refractivity contribution in [3.63, 3.8) is 0 Å². The summed E-state index contributed by atoms with van der Waals surface area (Å²) in [6.45, 7) is 0. The summed E-state index contributed by atoms with van der Waals surface area (Å²) in [5, 5.41) is 0. The Labute approximate surface area is 99.1 Å². The standard InChI is InChI=1S/C16H21/c1-2-8-13(7-1)15-11-5-3-9-14-10-4-6-12-16(14)15/h4,6,10,12,15H,1-3,5,7-9,11H2/q+1. The Morgan fingerprint density at radius 1 is 0.938 bits per heavy atom. The molecule has 0 aliphatic heterocycles. The highest BCUT2D eigenvalue weighted by Crippen LogP contribution is 2.44. The highest BCUT2D eigenvalue weighted by Gasteiger charge is 2.37. The lowest BCUT2D eigenvalue weighted by Gasteiger charge is -2.15. The minimum atomic E-state index is 0.807. The summed E-state index contributed by atoms with van der Waals surface area (Å²) >= 11 is 0. The smallest absolute Gasteiger partial charge is 0.0620 e. The van der Waals surface area contributed by atoms with Crippen molar-refractivity contribution in [2.24, 2.45) is 0 Å². The van der Waals surface area contributed by atoms with Gasteiger partial charge >= 0.3 is 0 Å². The van der Waals surface area contributed by atoms with Crippen molar-refractivity contribution in [1.29, 1.82) is 0 Å². The van der Waals surface area contributed by atoms with Gasteiger partial charge in [-0.15, -0.1) is 0 Å². The first-order chi connectivity index (χ1) is 7.95. The fourth-order valence-electron chi connectivity index (χ4n) is 3.52. The fourth-order valence-corrected chi connectivity index (χ4v) is 3.52. The molecule has 1 unspecified atom stereocenters. The van der Waals surface area contributed by atoms with Crippen LogP contribution in [-0.2, 0) is 6.42 Å². The van der Waals surface area contributed by atoms with E-state index in [9.17, 15) is 0 Å². The Hall–Kier alpha value is -0.910. The van der Waals surface area contributed by atoms with Gasteiger partial charge in [0.15, 0.2) is 0 Å². The predicted octanol–water partition coefficient (Wildman–Crippen LogP) is 4.65. The lowest BCUT2D eigenvalue weighted by atomic mass is 9.81. The maximum atomic E-state index is 2.39. The van der Waals surface area contributed by atoms with Gasteiger partial charge in [-0.3, -0.25) is 0 Å². The molecule has 0 radical (unpaired) electrons. The van der Waals surface area contributed by atoms with Crippen molar-refractivity contribution < 1.29 is 0 Å². The van der Waals surface area contributed by atoms with Gasteiger partial charge in [-0.05, 0) is 44.1 Å². The molecule has 0 heteroatoms. The average Bonchev–Trinajstić information content (AvgIpc) is 2.76. The van der Waals surface area contributed by atoms with E-state index in [4.69, 9.17) is 0 Å². The molecule has 1 aromatic carbocycles. The molecule has 1 aromatic rings. The first-order valence-corrected chi connectivity index (χ1v) is 6.87. The van der Waals surface area contributed by atoms with E-state index in [-0.39, 0.29) is 0 Å². The zero-order chi connectivity index (χ0) is 10.8. The molecule has 0 spiro atoms. The third kappa shape index (κ3) is 1.86. The number of fused-ring (bicyclic) bond motifs is 1. The molecule has 1 atom stereocenters. The lowest BCUT2D eigenvalue weighted by Crippen LogP contribution is -2.08. The second-order valence-electron chi connectivity index (χ2n) is 5.36. The van der Waals surface area contributed by atoms with E-state index in [1.807, 2.05) is 5.92 Å². The van der Waals surface area contributed by atoms with Crippen LogP contribution in [0.2, 0.25) is 0 Å². The largest absolute Gasteiger partial charge is 0.125 e. The Kier molecular flexibility index (Phi) is 2.90. The number of hydrogen-bond acceptors (Lipinski definition) is 0. The van der Waals surface area contributed by atoms with Crippen molar-refractivity contribution in [2.45, 2.75) is 57.3 Å². The van der Waals surface area contributed by atoms with Gasteiger partial charge in [-0.25, -0.2) is 0 Å². The normalized spacial score (nSPS) is 25.2. The van der Waals surface area contributed by atoms with Gasteiger partial charge in [-0.2, -0.15) is 0 Å². The van der Waals surface area contributed by atoms with Crippen LogP contribution in [0.3, 0.4) is 0 Å². The molecule has 0 heterocycles. The minimum Gasteiger partial charge on any atom is -0.0620 e. The highest BCUT2D eigenvalue weighted by molar-refractivity contribution is 5.35. The van der Waals surface area contributed by atoms with Crippen LogP contribution < -0.4 is 0 Å². The van der Waals surface area contributed by atoms with Crippen molar-refractivity contribution in [1.82, 2.24) is 0 Å². The Balaban J connectivity index is 1.92. The molecule has 0 saturated heterocycles. The Bertz CT molecular complexity index is 347. The van der Waals surface area contributed by atoms with Gasteiger partial charge in [0.05, 0.1) is 18.8 Å². The van der Waals surface area contributed by atoms with Crippen LogP contribution in [0.4, 0.5) is 0 Å². The van der Waals surface area contributed by atoms with Gasteiger partial charge in [0.25, 0.3) is 0 Å². The first-order valence-electron chi connectivity index (χ1n) is 6.87. The van der Waals surface area contributed by atoms with E-state index in [1.165, 1.54) is 51.4 Å². The van der Waals surface area contributed by atoms with E-state index in [2.05, 4.69) is 24.3 Å². The number of rotatable bonds is 1. The van der Waals surface area contributed by atoms with Crippen LogP contribution in [0, 0.1) is 5.92 Å². The monoisotopic (exact) mass is 213 g/mol. The molecule has 0 nitrogen and oxygen atoms in total. The van der Waals surface area contributed by atoms with Crippen molar-refractivity contribution in [3.05, 3.63) is 41.3 Å². The van der Waals surface area contributed by atoms with Crippen molar-refractivity contribution >= 4 is 0 Å². The van der Waals surface area contributed by atoms with Gasteiger partial charge in [0.1, 0.15) is 5.92 Å². The third-order valence-electron chi connectivity index (χ3n) is 4.36. The molecule has 84 valence electrons. The van der Waals surface area contributed by atoms with Gasteiger partial charge < -0.3 is 0 Å². The quantitative estimate of drug-likeness (QED) is 0.470. The highest BCUT2D eigenvalue weighted by atomic mass is 14.3. The second-order valence-corrected chi connectivity index (χ2v) is 5.36. The van der Waals surface area contributed by atoms with Crippen LogP contribution in [0.5, 0.6) is 0 Å². The van der Waals surface area contributed by atoms with Crippen LogP contribution in [-0.4, -0.2) is 0 Å². The summed E-state index contributed by atoms with van der Waals surface area (Å²) in [7, 11) is 0. The summed E-state index contributed by atoms with van der Waals surface area (Å²) in [6.07, 6.45) is 11.2. The number of aryl methyl sites for hydroxylation is 1. The fraction of sp³-hybridized carbons (Fsp3) is 0.562. The molecule has 2 aliphatic carbocycles. The number of benzene rings is 1. The lowest BCUT2D eigenvalue weighted by molar-refractivity contribution is 0.580. The molecule has 1 saturated carbocycles. The second kappa shape index (κ2) is 4.53. The van der Waals surface area contributed by atoms with Gasteiger partial charge in [0.2, 0.25) is 0 Å². The molecule has 0 amide bonds. The topological polar surface area (TPSA) is 0 Å². The van der Waals surface area contributed by atoms with Gasteiger partial charge in [0, 0.05) is 5.56 Å². The molecule has 0 N–H and O–H groups in total. The maximum absolute atomic E-state index is 2.39. The molecular formula is C16H21+. The minimum absolute atomic E-state index is 0.807. The molecular weight excluding hydrogens is 192 g/mol. The molecule has 2 aliphatic rings. The van der Waals surface area contributed by atoms with Crippen LogP contribution in [0.15, 0.2) is 24.3 Å². The van der Waals surface area contributed by atoms with E-state index >= 15 is 0 Å². The van der Waals surface area contributed by atoms with Crippen molar-refractivity contribution in [2.75, 3.05) is 0 Å². The molecule has 16 heavy (non-hydrogen) atoms. The van der Waals surface area contributed by atoms with Crippen molar-refractivity contribution in [3.8, 4) is 0 Å². The zero-order valence-corrected chi connectivity index (χ0v) is 10.0. The Morgan fingerprint density at radius 3 is 2.62 bits per heavy atom. The summed E-state index contributed by atoms with van der Waals surface area (Å²) < 4.78 is 0. The van der Waals surface area contributed by atoms with E-state index < -0.39 is 0 Å². The van der Waals surface area contributed by atoms with E-state index in [0.717, 1.165) is 5.92 Å². The maximum Gasteiger partial charge on any atom is 0.125 e. The first kappa shape index (κ1) is 10.3. The van der Waals surface area contributed by atoms with E-state index in [0.29, 0.717) is 0 Å². The zero-order valence-electron chi connectivity index (χ0n) is 10.0. The number of hydrogen-bond donors (Lipinski definition) is 0. The molecule has 0 aromatic heterocycles. The summed E-state index contributed by atoms with van der Waals surface area (Å²) in [5.74, 6) is 2.66. The predicted molar refractivity (Wildman–Crippen MR) is 68.4 cm³/mol. The summed E-state index contributed by atoms with van der Waals surface area (Å²) in [6, 6.07) is 9.17. The average molecular weight is 213 g/mol. The summed E-state index contributed by atoms with van der Waals surface area (Å²) in [4.78, 5) is 0. The Morgan fingerprint density at radius 2 is 1.75 bits per heavy atom. The summed E-state index contributed by atoms with van der Waals surface area (Å²) in [5.41, 5.74) is 3.29. The third-order valence-corrected chi connectivity index (χ3v) is 4.36. The van der Waals surface area contributed by atoms with Gasteiger partial charge in [-0.1, -0.05) is 24.3 Å². The van der Waals surface area contributed by atoms with E-state index in [1.54, 1.807) is 11.1 Å². The van der Waals surface area contributed by atoms with Crippen LogP contribution in [0.1, 0.15) is 62.0 Å². The van der Waals surface area contributed by atoms with Crippen LogP contribution in [0.25, 0.3) is 0 Å². The van der Waals surface area contributed by atoms with Crippen LogP contribution >= 0.6 is 0 Å². The molecule has 1 fully saturated rings. The SMILES string of the molecule is c1ccc2c(c1)CCCCC2[C+]1CCCC1. The molecule has 0 bridgehead atoms.